The van der Waals surface area contributed by atoms with Gasteiger partial charge in [0, 0.05) is 16.6 Å². The Morgan fingerprint density at radius 1 is 1.29 bits per heavy atom. The number of furan rings is 1. The number of hydrogen-bond acceptors (Lipinski definition) is 3. The van der Waals surface area contributed by atoms with E-state index in [9.17, 15) is 8.78 Å². The second-order valence-corrected chi connectivity index (χ2v) is 5.48. The van der Waals surface area contributed by atoms with Crippen molar-refractivity contribution in [1.29, 1.82) is 0 Å². The van der Waals surface area contributed by atoms with Gasteiger partial charge in [0.05, 0.1) is 0 Å². The molecule has 2 aromatic rings. The Balaban J connectivity index is 2.06. The van der Waals surface area contributed by atoms with E-state index in [4.69, 9.17) is 9.15 Å². The predicted octanol–water partition coefficient (Wildman–Crippen LogP) is 4.32. The minimum atomic E-state index is -1.01. The lowest BCUT2D eigenvalue weighted by molar-refractivity contribution is 0.252. The summed E-state index contributed by atoms with van der Waals surface area (Å²) in [5.74, 6) is -0.753. The quantitative estimate of drug-likeness (QED) is 0.780. The van der Waals surface area contributed by atoms with E-state index in [1.165, 1.54) is 6.07 Å². The largest absolute Gasteiger partial charge is 0.482 e. The molecule has 0 aliphatic heterocycles. The highest BCUT2D eigenvalue weighted by Gasteiger charge is 2.13. The van der Waals surface area contributed by atoms with Gasteiger partial charge in [-0.15, -0.1) is 0 Å². The highest BCUT2D eigenvalue weighted by molar-refractivity contribution is 9.10. The Morgan fingerprint density at radius 2 is 2.05 bits per heavy atom. The van der Waals surface area contributed by atoms with Gasteiger partial charge in [0.25, 0.3) is 0 Å². The van der Waals surface area contributed by atoms with E-state index in [-0.39, 0.29) is 12.4 Å². The Hall–Kier alpha value is -1.40. The molecule has 0 atom stereocenters. The zero-order valence-electron chi connectivity index (χ0n) is 11.8. The molecule has 1 N–H and O–H groups in total. The predicted molar refractivity (Wildman–Crippen MR) is 79.2 cm³/mol. The van der Waals surface area contributed by atoms with Crippen LogP contribution in [0.2, 0.25) is 0 Å². The Bertz CT molecular complexity index is 628. The van der Waals surface area contributed by atoms with Crippen LogP contribution in [0.3, 0.4) is 0 Å². The average molecular weight is 360 g/mol. The van der Waals surface area contributed by atoms with Gasteiger partial charge < -0.3 is 14.5 Å². The molecule has 0 saturated carbocycles. The molecule has 1 aromatic heterocycles. The van der Waals surface area contributed by atoms with Gasteiger partial charge in [-0.3, -0.25) is 0 Å². The van der Waals surface area contributed by atoms with Crippen LogP contribution in [-0.2, 0) is 13.2 Å². The van der Waals surface area contributed by atoms with Gasteiger partial charge in [-0.1, -0.05) is 22.9 Å². The van der Waals surface area contributed by atoms with E-state index in [1.54, 1.807) is 0 Å². The molecule has 21 heavy (non-hydrogen) atoms. The summed E-state index contributed by atoms with van der Waals surface area (Å²) in [6.45, 7) is 5.48. The summed E-state index contributed by atoms with van der Waals surface area (Å²) in [4.78, 5) is 0. The molecule has 3 nitrogen and oxygen atoms in total. The van der Waals surface area contributed by atoms with Crippen molar-refractivity contribution in [1.82, 2.24) is 5.32 Å². The molecular weight excluding hydrogens is 344 g/mol. The first-order valence-corrected chi connectivity index (χ1v) is 7.36. The van der Waals surface area contributed by atoms with Crippen LogP contribution in [0.5, 0.6) is 5.75 Å². The van der Waals surface area contributed by atoms with Gasteiger partial charge in [-0.25, -0.2) is 4.39 Å². The lowest BCUT2D eigenvalue weighted by atomic mass is 10.2. The number of halogens is 3. The minimum absolute atomic E-state index is 0.0414. The standard InChI is InChI=1S/C15H16BrF2NO2/c1-3-19-7-10-4-12(21-9(10)2)8-20-14-6-11(16)5-13(17)15(14)18/h4-6,19H,3,7-8H2,1-2H3. The molecule has 1 aromatic carbocycles. The van der Waals surface area contributed by atoms with Gasteiger partial charge in [0.15, 0.2) is 11.6 Å². The van der Waals surface area contributed by atoms with Gasteiger partial charge in [0.1, 0.15) is 18.1 Å². The molecular formula is C15H16BrF2NO2. The van der Waals surface area contributed by atoms with E-state index in [2.05, 4.69) is 21.2 Å². The zero-order valence-corrected chi connectivity index (χ0v) is 13.4. The van der Waals surface area contributed by atoms with Crippen LogP contribution in [-0.4, -0.2) is 6.54 Å². The van der Waals surface area contributed by atoms with Gasteiger partial charge in [-0.2, -0.15) is 4.39 Å². The lowest BCUT2D eigenvalue weighted by Gasteiger charge is -2.06. The number of aryl methyl sites for hydroxylation is 1. The van der Waals surface area contributed by atoms with E-state index in [0.717, 1.165) is 23.9 Å². The van der Waals surface area contributed by atoms with Crippen molar-refractivity contribution in [3.05, 3.63) is 51.4 Å². The summed E-state index contributed by atoms with van der Waals surface area (Å²) in [5, 5.41) is 3.20. The summed E-state index contributed by atoms with van der Waals surface area (Å²) >= 11 is 3.10. The van der Waals surface area contributed by atoms with Crippen LogP contribution in [0.4, 0.5) is 8.78 Å². The summed E-state index contributed by atoms with van der Waals surface area (Å²) < 4.78 is 38.1. The van der Waals surface area contributed by atoms with Crippen LogP contribution < -0.4 is 10.1 Å². The third-order valence-corrected chi connectivity index (χ3v) is 3.42. The Morgan fingerprint density at radius 3 is 2.76 bits per heavy atom. The van der Waals surface area contributed by atoms with Crippen LogP contribution in [0.15, 0.2) is 27.1 Å². The molecule has 0 aliphatic rings. The topological polar surface area (TPSA) is 34.4 Å². The molecule has 0 bridgehead atoms. The minimum Gasteiger partial charge on any atom is -0.482 e. The maximum atomic E-state index is 13.6. The second kappa shape index (κ2) is 7.04. The number of ether oxygens (including phenoxy) is 1. The van der Waals surface area contributed by atoms with Crippen molar-refractivity contribution < 1.29 is 17.9 Å². The van der Waals surface area contributed by atoms with Crippen LogP contribution in [0.1, 0.15) is 24.0 Å². The fourth-order valence-corrected chi connectivity index (χ4v) is 2.29. The van der Waals surface area contributed by atoms with Crippen molar-refractivity contribution in [2.45, 2.75) is 27.0 Å². The monoisotopic (exact) mass is 359 g/mol. The molecule has 0 aliphatic carbocycles. The molecule has 0 saturated heterocycles. The molecule has 114 valence electrons. The smallest absolute Gasteiger partial charge is 0.200 e. The highest BCUT2D eigenvalue weighted by atomic mass is 79.9. The van der Waals surface area contributed by atoms with Crippen LogP contribution in [0, 0.1) is 18.6 Å². The number of rotatable bonds is 6. The SMILES string of the molecule is CCNCc1cc(COc2cc(Br)cc(F)c2F)oc1C. The molecule has 0 amide bonds. The molecule has 0 spiro atoms. The van der Waals surface area contributed by atoms with Gasteiger partial charge in [-0.05, 0) is 31.7 Å². The Kier molecular flexibility index (Phi) is 5.36. The molecule has 0 radical (unpaired) electrons. The molecule has 6 heteroatoms. The fourth-order valence-electron chi connectivity index (χ4n) is 1.88. The molecule has 0 unspecified atom stereocenters. The first-order chi connectivity index (χ1) is 10.0. The second-order valence-electron chi connectivity index (χ2n) is 4.56. The first kappa shape index (κ1) is 16.0. The summed E-state index contributed by atoms with van der Waals surface area (Å²) in [5.41, 5.74) is 1.02. The normalized spacial score (nSPS) is 10.9. The van der Waals surface area contributed by atoms with E-state index >= 15 is 0 Å². The number of benzene rings is 1. The molecule has 2 rings (SSSR count). The lowest BCUT2D eigenvalue weighted by Crippen LogP contribution is -2.11. The van der Waals surface area contributed by atoms with Crippen molar-refractivity contribution in [2.75, 3.05) is 6.54 Å². The van der Waals surface area contributed by atoms with Gasteiger partial charge >= 0.3 is 0 Å². The summed E-state index contributed by atoms with van der Waals surface area (Å²) in [6.07, 6.45) is 0. The summed E-state index contributed by atoms with van der Waals surface area (Å²) in [7, 11) is 0. The van der Waals surface area contributed by atoms with E-state index in [1.807, 2.05) is 19.9 Å². The van der Waals surface area contributed by atoms with E-state index in [0.29, 0.717) is 16.8 Å². The third kappa shape index (κ3) is 4.04. The Labute approximate surface area is 130 Å². The highest BCUT2D eigenvalue weighted by Crippen LogP contribution is 2.26. The third-order valence-electron chi connectivity index (χ3n) is 2.97. The van der Waals surface area contributed by atoms with Crippen molar-refractivity contribution in [3.8, 4) is 5.75 Å². The first-order valence-electron chi connectivity index (χ1n) is 6.57. The molecule has 0 fully saturated rings. The van der Waals surface area contributed by atoms with Crippen molar-refractivity contribution in [3.63, 3.8) is 0 Å². The maximum Gasteiger partial charge on any atom is 0.200 e. The van der Waals surface area contributed by atoms with E-state index < -0.39 is 11.6 Å². The van der Waals surface area contributed by atoms with Crippen molar-refractivity contribution in [2.24, 2.45) is 0 Å². The van der Waals surface area contributed by atoms with Crippen LogP contribution >= 0.6 is 15.9 Å². The number of nitrogens with one attached hydrogen (secondary N) is 1. The molecule has 1 heterocycles. The zero-order chi connectivity index (χ0) is 15.4. The summed E-state index contributed by atoms with van der Waals surface area (Å²) in [6, 6.07) is 4.28. The van der Waals surface area contributed by atoms with Crippen molar-refractivity contribution >= 4 is 15.9 Å². The van der Waals surface area contributed by atoms with Crippen LogP contribution in [0.25, 0.3) is 0 Å². The van der Waals surface area contributed by atoms with Gasteiger partial charge in [0.2, 0.25) is 5.82 Å². The maximum absolute atomic E-state index is 13.6. The number of hydrogen-bond donors (Lipinski definition) is 1. The average Bonchev–Trinajstić information content (AvgIpc) is 2.79. The fraction of sp³-hybridized carbons (Fsp3) is 0.333.